The molecule has 126 valence electrons. The van der Waals surface area contributed by atoms with Gasteiger partial charge in [-0.05, 0) is 43.2 Å². The molecule has 24 heavy (non-hydrogen) atoms. The molecule has 1 aliphatic rings. The maximum absolute atomic E-state index is 12.7. The first-order valence-corrected chi connectivity index (χ1v) is 9.47. The molecule has 0 spiro atoms. The van der Waals surface area contributed by atoms with Crippen LogP contribution in [0.2, 0.25) is 10.0 Å². The molecule has 1 atom stereocenters. The van der Waals surface area contributed by atoms with E-state index in [-0.39, 0.29) is 11.4 Å². The Balaban J connectivity index is 1.81. The highest BCUT2D eigenvalue weighted by atomic mass is 35.5. The second-order valence-electron chi connectivity index (χ2n) is 5.83. The Labute approximate surface area is 156 Å². The van der Waals surface area contributed by atoms with Crippen molar-refractivity contribution in [1.29, 1.82) is 0 Å². The predicted molar refractivity (Wildman–Crippen MR) is 103 cm³/mol. The van der Waals surface area contributed by atoms with Gasteiger partial charge in [0.15, 0.2) is 0 Å². The first-order chi connectivity index (χ1) is 11.5. The van der Waals surface area contributed by atoms with Gasteiger partial charge >= 0.3 is 6.03 Å². The smallest absolute Gasteiger partial charge is 0.308 e. The van der Waals surface area contributed by atoms with Gasteiger partial charge in [0.2, 0.25) is 0 Å². The molecule has 2 aromatic carbocycles. The van der Waals surface area contributed by atoms with Crippen LogP contribution in [-0.4, -0.2) is 23.2 Å². The third-order valence-corrected chi connectivity index (χ3v) is 5.81. The van der Waals surface area contributed by atoms with Crippen molar-refractivity contribution < 1.29 is 4.79 Å². The van der Waals surface area contributed by atoms with Crippen molar-refractivity contribution in [3.8, 4) is 0 Å². The summed E-state index contributed by atoms with van der Waals surface area (Å²) < 4.78 is 0. The molecule has 6 heteroatoms. The zero-order valence-corrected chi connectivity index (χ0v) is 15.8. The Hall–Kier alpha value is -1.36. The van der Waals surface area contributed by atoms with E-state index in [0.717, 1.165) is 5.75 Å². The van der Waals surface area contributed by atoms with Crippen LogP contribution in [0, 0.1) is 13.8 Å². The Morgan fingerprint density at radius 1 is 1.21 bits per heavy atom. The Morgan fingerprint density at radius 3 is 2.71 bits per heavy atom. The molecular formula is C18H18Cl2N2OS. The molecular weight excluding hydrogens is 363 g/mol. The van der Waals surface area contributed by atoms with Crippen LogP contribution in [0.15, 0.2) is 36.4 Å². The molecule has 1 aliphatic heterocycles. The van der Waals surface area contributed by atoms with Crippen molar-refractivity contribution in [2.75, 3.05) is 17.6 Å². The Kier molecular flexibility index (Phi) is 5.28. The fourth-order valence-electron chi connectivity index (χ4n) is 2.82. The van der Waals surface area contributed by atoms with Gasteiger partial charge in [-0.1, -0.05) is 47.0 Å². The second-order valence-corrected chi connectivity index (χ2v) is 7.86. The van der Waals surface area contributed by atoms with Crippen molar-refractivity contribution in [3.05, 3.63) is 63.1 Å². The van der Waals surface area contributed by atoms with Gasteiger partial charge in [-0.2, -0.15) is 0 Å². The number of rotatable bonds is 2. The number of nitrogens with one attached hydrogen (secondary N) is 1. The lowest BCUT2D eigenvalue weighted by Gasteiger charge is -2.26. The van der Waals surface area contributed by atoms with Gasteiger partial charge in [0.05, 0.1) is 10.7 Å². The van der Waals surface area contributed by atoms with Crippen LogP contribution >= 0.6 is 35.0 Å². The molecule has 2 aromatic rings. The topological polar surface area (TPSA) is 32.3 Å². The van der Waals surface area contributed by atoms with Gasteiger partial charge in [0.25, 0.3) is 0 Å². The summed E-state index contributed by atoms with van der Waals surface area (Å²) in [5, 5.41) is 3.90. The van der Waals surface area contributed by atoms with Crippen LogP contribution in [0.5, 0.6) is 0 Å². The summed E-state index contributed by atoms with van der Waals surface area (Å²) >= 11 is 13.8. The zero-order chi connectivity index (χ0) is 17.3. The van der Waals surface area contributed by atoms with Crippen molar-refractivity contribution >= 4 is 46.7 Å². The van der Waals surface area contributed by atoms with Crippen molar-refractivity contribution in [3.63, 3.8) is 0 Å². The third kappa shape index (κ3) is 3.66. The maximum atomic E-state index is 12.7. The van der Waals surface area contributed by atoms with Crippen LogP contribution in [0.1, 0.15) is 22.1 Å². The average molecular weight is 381 g/mol. The van der Waals surface area contributed by atoms with E-state index in [1.807, 2.05) is 4.90 Å². The number of nitrogens with zero attached hydrogens (tertiary/aromatic N) is 1. The fourth-order valence-corrected chi connectivity index (χ4v) is 4.62. The number of carbonyl (C=O) groups excluding carboxylic acids is 1. The largest absolute Gasteiger partial charge is 0.323 e. The molecule has 1 heterocycles. The SMILES string of the molecule is Cc1ccc([C@H]2SCCN2C(=O)Nc2ccc(Cl)cc2Cl)c(C)c1. The summed E-state index contributed by atoms with van der Waals surface area (Å²) in [4.78, 5) is 14.6. The van der Waals surface area contributed by atoms with Gasteiger partial charge in [-0.25, -0.2) is 4.79 Å². The first-order valence-electron chi connectivity index (χ1n) is 7.67. The van der Waals surface area contributed by atoms with Gasteiger partial charge in [0.1, 0.15) is 5.37 Å². The molecule has 0 radical (unpaired) electrons. The van der Waals surface area contributed by atoms with Crippen molar-refractivity contribution in [2.24, 2.45) is 0 Å². The molecule has 1 N–H and O–H groups in total. The molecule has 0 aromatic heterocycles. The van der Waals surface area contributed by atoms with Gasteiger partial charge in [-0.15, -0.1) is 11.8 Å². The molecule has 1 fully saturated rings. The van der Waals surface area contributed by atoms with E-state index in [1.54, 1.807) is 30.0 Å². The number of aryl methyl sites for hydroxylation is 2. The molecule has 1 saturated heterocycles. The standard InChI is InChI=1S/C18H18Cl2N2OS/c1-11-3-5-14(12(2)9-11)17-22(7-8-24-17)18(23)21-16-6-4-13(19)10-15(16)20/h3-6,9-10,17H,7-8H2,1-2H3,(H,21,23)/t17-/m1/s1. The maximum Gasteiger partial charge on any atom is 0.323 e. The number of amides is 2. The van der Waals surface area contributed by atoms with E-state index in [0.29, 0.717) is 22.3 Å². The summed E-state index contributed by atoms with van der Waals surface area (Å²) in [6, 6.07) is 11.3. The minimum absolute atomic E-state index is 0.0247. The first kappa shape index (κ1) is 17.5. The molecule has 0 aliphatic carbocycles. The molecule has 2 amide bonds. The molecule has 0 bridgehead atoms. The number of urea groups is 1. The van der Waals surface area contributed by atoms with Gasteiger partial charge < -0.3 is 10.2 Å². The molecule has 3 nitrogen and oxygen atoms in total. The van der Waals surface area contributed by atoms with E-state index in [2.05, 4.69) is 37.4 Å². The number of hydrogen-bond acceptors (Lipinski definition) is 2. The van der Waals surface area contributed by atoms with Crippen LogP contribution in [0.4, 0.5) is 10.5 Å². The second kappa shape index (κ2) is 7.26. The van der Waals surface area contributed by atoms with E-state index in [1.165, 1.54) is 16.7 Å². The summed E-state index contributed by atoms with van der Waals surface area (Å²) in [6.45, 7) is 4.87. The highest BCUT2D eigenvalue weighted by molar-refractivity contribution is 7.99. The van der Waals surface area contributed by atoms with Crippen molar-refractivity contribution in [1.82, 2.24) is 4.90 Å². The zero-order valence-electron chi connectivity index (χ0n) is 13.5. The lowest BCUT2D eigenvalue weighted by atomic mass is 10.1. The minimum atomic E-state index is -0.144. The lowest BCUT2D eigenvalue weighted by molar-refractivity contribution is 0.214. The van der Waals surface area contributed by atoms with E-state index >= 15 is 0 Å². The van der Waals surface area contributed by atoms with Crippen LogP contribution in [-0.2, 0) is 0 Å². The number of benzene rings is 2. The Bertz CT molecular complexity index is 782. The van der Waals surface area contributed by atoms with Crippen LogP contribution < -0.4 is 5.32 Å². The number of anilines is 1. The third-order valence-electron chi connectivity index (χ3n) is 4.02. The quantitative estimate of drug-likeness (QED) is 0.704. The fraction of sp³-hybridized carbons (Fsp3) is 0.278. The summed E-state index contributed by atoms with van der Waals surface area (Å²) in [6.07, 6.45) is 0. The van der Waals surface area contributed by atoms with Crippen LogP contribution in [0.3, 0.4) is 0 Å². The van der Waals surface area contributed by atoms with E-state index in [9.17, 15) is 4.79 Å². The molecule has 0 unspecified atom stereocenters. The predicted octanol–water partition coefficient (Wildman–Crippen LogP) is 5.89. The normalized spacial score (nSPS) is 17.2. The average Bonchev–Trinajstić information content (AvgIpc) is 2.99. The number of halogens is 2. The van der Waals surface area contributed by atoms with Gasteiger partial charge in [0, 0.05) is 17.3 Å². The minimum Gasteiger partial charge on any atom is -0.308 e. The highest BCUT2D eigenvalue weighted by Crippen LogP contribution is 2.40. The van der Waals surface area contributed by atoms with Crippen LogP contribution in [0.25, 0.3) is 0 Å². The monoisotopic (exact) mass is 380 g/mol. The summed E-state index contributed by atoms with van der Waals surface area (Å²) in [5.41, 5.74) is 4.18. The molecule has 3 rings (SSSR count). The number of hydrogen-bond donors (Lipinski definition) is 1. The summed E-state index contributed by atoms with van der Waals surface area (Å²) in [5.74, 6) is 0.916. The van der Waals surface area contributed by atoms with E-state index in [4.69, 9.17) is 23.2 Å². The van der Waals surface area contributed by atoms with Crippen molar-refractivity contribution in [2.45, 2.75) is 19.2 Å². The number of thioether (sulfide) groups is 1. The van der Waals surface area contributed by atoms with Gasteiger partial charge in [-0.3, -0.25) is 0 Å². The lowest BCUT2D eigenvalue weighted by Crippen LogP contribution is -2.34. The highest BCUT2D eigenvalue weighted by Gasteiger charge is 2.31. The van der Waals surface area contributed by atoms with E-state index < -0.39 is 0 Å². The Morgan fingerprint density at radius 2 is 2.00 bits per heavy atom. The molecule has 0 saturated carbocycles. The summed E-state index contributed by atoms with van der Waals surface area (Å²) in [7, 11) is 0. The number of carbonyl (C=O) groups is 1.